The van der Waals surface area contributed by atoms with Gasteiger partial charge in [-0.2, -0.15) is 5.10 Å². The normalized spacial score (nSPS) is 11.5. The van der Waals surface area contributed by atoms with E-state index in [2.05, 4.69) is 28.0 Å². The molecule has 0 spiro atoms. The molecule has 4 nitrogen and oxygen atoms in total. The zero-order chi connectivity index (χ0) is 17.9. The molecular weight excluding hydrogens is 329 g/mol. The second-order valence-electron chi connectivity index (χ2n) is 5.95. The fourth-order valence-corrected chi connectivity index (χ4v) is 3.02. The summed E-state index contributed by atoms with van der Waals surface area (Å²) < 4.78 is 12.9. The minimum Gasteiger partial charge on any atom is -0.376 e. The number of anilines is 1. The monoisotopic (exact) mass is 345 g/mol. The molecule has 0 atom stereocenters. The van der Waals surface area contributed by atoms with Crippen LogP contribution in [-0.2, 0) is 4.79 Å². The van der Waals surface area contributed by atoms with Gasteiger partial charge in [-0.15, -0.1) is 0 Å². The number of hydrogen-bond donors (Lipinski definition) is 2. The number of fused-ring (bicyclic) bond motifs is 3. The summed E-state index contributed by atoms with van der Waals surface area (Å²) in [4.78, 5) is 12.1. The number of nitrogens with zero attached hydrogens (tertiary/aromatic N) is 1. The molecule has 2 N–H and O–H groups in total. The zero-order valence-electron chi connectivity index (χ0n) is 13.9. The molecule has 0 radical (unpaired) electrons. The van der Waals surface area contributed by atoms with Gasteiger partial charge < -0.3 is 5.32 Å². The van der Waals surface area contributed by atoms with Gasteiger partial charge in [-0.05, 0) is 35.4 Å². The van der Waals surface area contributed by atoms with Crippen molar-refractivity contribution in [1.82, 2.24) is 5.43 Å². The highest BCUT2D eigenvalue weighted by Crippen LogP contribution is 2.36. The van der Waals surface area contributed by atoms with E-state index in [1.807, 2.05) is 36.4 Å². The van der Waals surface area contributed by atoms with Crippen LogP contribution in [0.15, 0.2) is 77.9 Å². The van der Waals surface area contributed by atoms with E-state index < -0.39 is 0 Å². The lowest BCUT2D eigenvalue weighted by molar-refractivity contribution is -0.119. The number of carbonyl (C=O) groups excluding carboxylic acids is 1. The van der Waals surface area contributed by atoms with E-state index in [1.165, 1.54) is 12.1 Å². The molecule has 3 aromatic carbocycles. The SMILES string of the molecule is O=C(CNc1ccc(F)cc1)NN=C1c2ccccc2-c2ccccc21. The van der Waals surface area contributed by atoms with Gasteiger partial charge in [0.05, 0.1) is 12.3 Å². The van der Waals surface area contributed by atoms with Crippen molar-refractivity contribution in [2.45, 2.75) is 0 Å². The fraction of sp³-hybridized carbons (Fsp3) is 0.0476. The van der Waals surface area contributed by atoms with Crippen molar-refractivity contribution in [3.8, 4) is 11.1 Å². The van der Waals surface area contributed by atoms with E-state index in [1.54, 1.807) is 12.1 Å². The van der Waals surface area contributed by atoms with Gasteiger partial charge in [-0.1, -0.05) is 48.5 Å². The Morgan fingerprint density at radius 1 is 0.808 bits per heavy atom. The van der Waals surface area contributed by atoms with E-state index in [0.717, 1.165) is 28.0 Å². The fourth-order valence-electron chi connectivity index (χ4n) is 3.02. The van der Waals surface area contributed by atoms with Crippen molar-refractivity contribution in [1.29, 1.82) is 0 Å². The van der Waals surface area contributed by atoms with Crippen LogP contribution < -0.4 is 10.7 Å². The molecule has 0 saturated heterocycles. The molecule has 1 aliphatic carbocycles. The molecule has 3 aromatic rings. The van der Waals surface area contributed by atoms with Crippen molar-refractivity contribution < 1.29 is 9.18 Å². The summed E-state index contributed by atoms with van der Waals surface area (Å²) in [5.74, 6) is -0.589. The molecule has 1 aliphatic rings. The van der Waals surface area contributed by atoms with Gasteiger partial charge in [0.25, 0.3) is 5.91 Å². The number of hydrogen-bond acceptors (Lipinski definition) is 3. The third-order valence-electron chi connectivity index (χ3n) is 4.24. The lowest BCUT2D eigenvalue weighted by Gasteiger charge is -2.06. The molecule has 0 bridgehead atoms. The van der Waals surface area contributed by atoms with Crippen LogP contribution in [0, 0.1) is 5.82 Å². The molecule has 4 rings (SSSR count). The van der Waals surface area contributed by atoms with Gasteiger partial charge in [0.15, 0.2) is 0 Å². The Labute approximate surface area is 150 Å². The van der Waals surface area contributed by atoms with E-state index in [0.29, 0.717) is 5.69 Å². The van der Waals surface area contributed by atoms with Crippen LogP contribution in [0.1, 0.15) is 11.1 Å². The Bertz CT molecular complexity index is 949. The largest absolute Gasteiger partial charge is 0.376 e. The third-order valence-corrected chi connectivity index (χ3v) is 4.24. The highest BCUT2D eigenvalue weighted by molar-refractivity contribution is 6.24. The van der Waals surface area contributed by atoms with Gasteiger partial charge in [0.2, 0.25) is 0 Å². The van der Waals surface area contributed by atoms with Crippen molar-refractivity contribution in [2.24, 2.45) is 5.10 Å². The Morgan fingerprint density at radius 3 is 1.92 bits per heavy atom. The van der Waals surface area contributed by atoms with Crippen LogP contribution >= 0.6 is 0 Å². The number of rotatable bonds is 4. The minimum atomic E-state index is -0.315. The van der Waals surface area contributed by atoms with Crippen LogP contribution in [0.3, 0.4) is 0 Å². The van der Waals surface area contributed by atoms with Crippen molar-refractivity contribution in [3.05, 3.63) is 89.7 Å². The van der Waals surface area contributed by atoms with Crippen LogP contribution in [0.2, 0.25) is 0 Å². The molecule has 26 heavy (non-hydrogen) atoms. The maximum atomic E-state index is 12.9. The quantitative estimate of drug-likeness (QED) is 0.553. The van der Waals surface area contributed by atoms with Gasteiger partial charge >= 0.3 is 0 Å². The van der Waals surface area contributed by atoms with Gasteiger partial charge in [0.1, 0.15) is 5.82 Å². The third kappa shape index (κ3) is 3.07. The number of benzene rings is 3. The summed E-state index contributed by atoms with van der Waals surface area (Å²) in [6, 6.07) is 21.8. The standard InChI is InChI=1S/C21H16FN3O/c22-14-9-11-15(12-10-14)23-13-20(26)24-25-21-18-7-3-1-5-16(18)17-6-2-4-8-19(17)21/h1-12,23H,13H2,(H,24,26). The lowest BCUT2D eigenvalue weighted by Crippen LogP contribution is -2.27. The second kappa shape index (κ2) is 6.80. The summed E-state index contributed by atoms with van der Waals surface area (Å²) in [6.45, 7) is 0.0473. The lowest BCUT2D eigenvalue weighted by atomic mass is 10.1. The Kier molecular flexibility index (Phi) is 4.19. The molecule has 0 fully saturated rings. The molecule has 0 aliphatic heterocycles. The first kappa shape index (κ1) is 16.0. The summed E-state index contributed by atoms with van der Waals surface area (Å²) in [5.41, 5.74) is 8.25. The summed E-state index contributed by atoms with van der Waals surface area (Å²) in [6.07, 6.45) is 0. The van der Waals surface area contributed by atoms with Gasteiger partial charge in [-0.3, -0.25) is 4.79 Å². The molecule has 0 saturated carbocycles. The van der Waals surface area contributed by atoms with Gasteiger partial charge in [0, 0.05) is 16.8 Å². The topological polar surface area (TPSA) is 53.5 Å². The highest BCUT2D eigenvalue weighted by Gasteiger charge is 2.24. The maximum absolute atomic E-state index is 12.9. The number of halogens is 1. The summed E-state index contributed by atoms with van der Waals surface area (Å²) in [7, 11) is 0. The van der Waals surface area contributed by atoms with E-state index in [9.17, 15) is 9.18 Å². The second-order valence-corrected chi connectivity index (χ2v) is 5.95. The van der Waals surface area contributed by atoms with E-state index in [-0.39, 0.29) is 18.3 Å². The highest BCUT2D eigenvalue weighted by atomic mass is 19.1. The van der Waals surface area contributed by atoms with Crippen molar-refractivity contribution in [3.63, 3.8) is 0 Å². The summed E-state index contributed by atoms with van der Waals surface area (Å²) >= 11 is 0. The Balaban J connectivity index is 1.50. The maximum Gasteiger partial charge on any atom is 0.259 e. The molecule has 0 aromatic heterocycles. The molecule has 0 heterocycles. The zero-order valence-corrected chi connectivity index (χ0v) is 13.9. The van der Waals surface area contributed by atoms with Crippen LogP contribution in [0.25, 0.3) is 11.1 Å². The molecule has 1 amide bonds. The van der Waals surface area contributed by atoms with Crippen LogP contribution in [0.5, 0.6) is 0 Å². The first-order chi connectivity index (χ1) is 12.7. The Hall–Kier alpha value is -3.47. The minimum absolute atomic E-state index is 0.0473. The molecule has 5 heteroatoms. The molecular formula is C21H16FN3O. The smallest absolute Gasteiger partial charge is 0.259 e. The predicted octanol–water partition coefficient (Wildman–Crippen LogP) is 3.79. The first-order valence-corrected chi connectivity index (χ1v) is 8.27. The molecule has 128 valence electrons. The van der Waals surface area contributed by atoms with Crippen molar-refractivity contribution in [2.75, 3.05) is 11.9 Å². The van der Waals surface area contributed by atoms with Crippen LogP contribution in [-0.4, -0.2) is 18.2 Å². The number of hydrazone groups is 1. The van der Waals surface area contributed by atoms with Crippen molar-refractivity contribution >= 4 is 17.3 Å². The number of amides is 1. The predicted molar refractivity (Wildman–Crippen MR) is 101 cm³/mol. The number of carbonyl (C=O) groups is 1. The van der Waals surface area contributed by atoms with E-state index >= 15 is 0 Å². The average molecular weight is 345 g/mol. The van der Waals surface area contributed by atoms with Crippen LogP contribution in [0.4, 0.5) is 10.1 Å². The number of nitrogens with one attached hydrogen (secondary N) is 2. The average Bonchev–Trinajstić information content (AvgIpc) is 3.00. The molecule has 0 unspecified atom stereocenters. The summed E-state index contributed by atoms with van der Waals surface area (Å²) in [5, 5.41) is 7.29. The van der Waals surface area contributed by atoms with Gasteiger partial charge in [-0.25, -0.2) is 9.82 Å². The van der Waals surface area contributed by atoms with E-state index in [4.69, 9.17) is 0 Å². The Morgan fingerprint density at radius 2 is 1.35 bits per heavy atom. The first-order valence-electron chi connectivity index (χ1n) is 8.27.